The first-order chi connectivity index (χ1) is 12.2. The molecule has 1 aromatic rings. The standard InChI is InChI=1S/C16H21N3O6S/c1-11(18-14(20)7-13-10-26(23,24)19-13)16(22)17-8-15(21)25-9-12-5-3-2-4-6-12/h2-6,11,13,19H,7-10H2,1H3,(H,17,22)(H,18,20)/t11-,13?/m0/s1. The normalized spacial score (nSPS) is 18.9. The van der Waals surface area contributed by atoms with Gasteiger partial charge < -0.3 is 15.4 Å². The molecule has 9 nitrogen and oxygen atoms in total. The van der Waals surface area contributed by atoms with Crippen molar-refractivity contribution in [3.8, 4) is 0 Å². The van der Waals surface area contributed by atoms with Gasteiger partial charge in [0.15, 0.2) is 0 Å². The van der Waals surface area contributed by atoms with Crippen LogP contribution in [-0.2, 0) is 35.8 Å². The van der Waals surface area contributed by atoms with Gasteiger partial charge in [0.2, 0.25) is 21.8 Å². The molecular weight excluding hydrogens is 362 g/mol. The summed E-state index contributed by atoms with van der Waals surface area (Å²) in [4.78, 5) is 35.3. The highest BCUT2D eigenvalue weighted by atomic mass is 32.2. The Morgan fingerprint density at radius 1 is 1.27 bits per heavy atom. The lowest BCUT2D eigenvalue weighted by Gasteiger charge is -2.27. The van der Waals surface area contributed by atoms with Crippen LogP contribution in [0.15, 0.2) is 30.3 Å². The zero-order valence-corrected chi connectivity index (χ0v) is 15.0. The topological polar surface area (TPSA) is 131 Å². The Hall–Kier alpha value is -2.46. The summed E-state index contributed by atoms with van der Waals surface area (Å²) in [5.41, 5.74) is 0.833. The lowest BCUT2D eigenvalue weighted by atomic mass is 10.2. The van der Waals surface area contributed by atoms with Crippen molar-refractivity contribution in [2.45, 2.75) is 32.0 Å². The van der Waals surface area contributed by atoms with Gasteiger partial charge in [-0.25, -0.2) is 13.1 Å². The summed E-state index contributed by atoms with van der Waals surface area (Å²) in [5, 5.41) is 4.83. The van der Waals surface area contributed by atoms with Crippen molar-refractivity contribution in [2.75, 3.05) is 12.3 Å². The first kappa shape index (κ1) is 19.9. The molecule has 2 amide bonds. The molecule has 142 valence electrons. The largest absolute Gasteiger partial charge is 0.460 e. The van der Waals surface area contributed by atoms with E-state index in [0.717, 1.165) is 5.56 Å². The number of hydrogen-bond acceptors (Lipinski definition) is 6. The van der Waals surface area contributed by atoms with Gasteiger partial charge in [-0.15, -0.1) is 0 Å². The Morgan fingerprint density at radius 3 is 2.54 bits per heavy atom. The highest BCUT2D eigenvalue weighted by Crippen LogP contribution is 2.09. The molecule has 3 N–H and O–H groups in total. The van der Waals surface area contributed by atoms with Crippen LogP contribution >= 0.6 is 0 Å². The van der Waals surface area contributed by atoms with Gasteiger partial charge in [0.1, 0.15) is 19.2 Å². The zero-order chi connectivity index (χ0) is 19.2. The molecule has 1 unspecified atom stereocenters. The molecular formula is C16H21N3O6S. The third-order valence-corrected chi connectivity index (χ3v) is 5.15. The summed E-state index contributed by atoms with van der Waals surface area (Å²) in [6.45, 7) is 1.26. The highest BCUT2D eigenvalue weighted by Gasteiger charge is 2.34. The van der Waals surface area contributed by atoms with Gasteiger partial charge >= 0.3 is 5.97 Å². The van der Waals surface area contributed by atoms with Crippen molar-refractivity contribution in [3.63, 3.8) is 0 Å². The number of carbonyl (C=O) groups excluding carboxylic acids is 3. The molecule has 1 fully saturated rings. The van der Waals surface area contributed by atoms with Crippen molar-refractivity contribution >= 4 is 27.8 Å². The first-order valence-corrected chi connectivity index (χ1v) is 9.67. The Kier molecular flexibility index (Phi) is 6.70. The number of hydrogen-bond donors (Lipinski definition) is 3. The second-order valence-electron chi connectivity index (χ2n) is 5.95. The molecule has 1 aliphatic heterocycles. The molecule has 0 radical (unpaired) electrons. The Labute approximate surface area is 151 Å². The fourth-order valence-corrected chi connectivity index (χ4v) is 3.50. The number of benzene rings is 1. The maximum Gasteiger partial charge on any atom is 0.325 e. The summed E-state index contributed by atoms with van der Waals surface area (Å²) < 4.78 is 29.2. The smallest absolute Gasteiger partial charge is 0.325 e. The van der Waals surface area contributed by atoms with Crippen LogP contribution in [0.3, 0.4) is 0 Å². The molecule has 1 aromatic carbocycles. The van der Waals surface area contributed by atoms with Gasteiger partial charge in [0.25, 0.3) is 0 Å². The molecule has 10 heteroatoms. The number of sulfonamides is 1. The molecule has 0 aromatic heterocycles. The van der Waals surface area contributed by atoms with Crippen LogP contribution in [-0.4, -0.2) is 50.6 Å². The monoisotopic (exact) mass is 383 g/mol. The summed E-state index contributed by atoms with van der Waals surface area (Å²) in [7, 11) is -3.23. The molecule has 26 heavy (non-hydrogen) atoms. The van der Waals surface area contributed by atoms with Crippen LogP contribution in [0.5, 0.6) is 0 Å². The molecule has 1 heterocycles. The van der Waals surface area contributed by atoms with E-state index in [4.69, 9.17) is 4.74 Å². The fourth-order valence-electron chi connectivity index (χ4n) is 2.29. The van der Waals surface area contributed by atoms with Gasteiger partial charge in [0.05, 0.1) is 5.75 Å². The Morgan fingerprint density at radius 2 is 1.92 bits per heavy atom. The molecule has 0 aliphatic carbocycles. The maximum absolute atomic E-state index is 11.9. The average Bonchev–Trinajstić information content (AvgIpc) is 2.56. The van der Waals surface area contributed by atoms with Crippen LogP contribution in [0.4, 0.5) is 0 Å². The van der Waals surface area contributed by atoms with Crippen molar-refractivity contribution in [3.05, 3.63) is 35.9 Å². The summed E-state index contributed by atoms with van der Waals surface area (Å²) in [5.74, 6) is -1.69. The lowest BCUT2D eigenvalue weighted by molar-refractivity contribution is -0.145. The Balaban J connectivity index is 1.63. The number of ether oxygens (including phenoxy) is 1. The maximum atomic E-state index is 11.9. The molecule has 2 rings (SSSR count). The quantitative estimate of drug-likeness (QED) is 0.496. The Bertz CT molecular complexity index is 753. The summed E-state index contributed by atoms with van der Waals surface area (Å²) >= 11 is 0. The van der Waals surface area contributed by atoms with E-state index in [2.05, 4.69) is 15.4 Å². The number of rotatable bonds is 8. The second-order valence-corrected chi connectivity index (χ2v) is 7.75. The van der Waals surface area contributed by atoms with E-state index in [9.17, 15) is 22.8 Å². The van der Waals surface area contributed by atoms with E-state index in [1.807, 2.05) is 30.3 Å². The first-order valence-electron chi connectivity index (χ1n) is 8.02. The SMILES string of the molecule is C[C@H](NC(=O)CC1CS(=O)(=O)N1)C(=O)NCC(=O)OCc1ccccc1. The molecule has 2 atom stereocenters. The van der Waals surface area contributed by atoms with Gasteiger partial charge in [0, 0.05) is 12.5 Å². The number of amides is 2. The van der Waals surface area contributed by atoms with Crippen LogP contribution in [0.1, 0.15) is 18.9 Å². The average molecular weight is 383 g/mol. The van der Waals surface area contributed by atoms with E-state index in [1.54, 1.807) is 0 Å². The number of carbonyl (C=O) groups is 3. The number of nitrogens with one attached hydrogen (secondary N) is 3. The fraction of sp³-hybridized carbons (Fsp3) is 0.438. The molecule has 0 spiro atoms. The minimum Gasteiger partial charge on any atom is -0.460 e. The van der Waals surface area contributed by atoms with E-state index >= 15 is 0 Å². The van der Waals surface area contributed by atoms with Crippen molar-refractivity contribution in [2.24, 2.45) is 0 Å². The predicted octanol–water partition coefficient (Wildman–Crippen LogP) is -0.958. The van der Waals surface area contributed by atoms with E-state index < -0.39 is 39.9 Å². The van der Waals surface area contributed by atoms with Crippen molar-refractivity contribution in [1.29, 1.82) is 0 Å². The predicted molar refractivity (Wildman–Crippen MR) is 92.2 cm³/mol. The van der Waals surface area contributed by atoms with E-state index in [-0.39, 0.29) is 25.3 Å². The molecule has 1 saturated heterocycles. The highest BCUT2D eigenvalue weighted by molar-refractivity contribution is 7.90. The molecule has 1 aliphatic rings. The van der Waals surface area contributed by atoms with Gasteiger partial charge in [-0.1, -0.05) is 30.3 Å². The number of esters is 1. The van der Waals surface area contributed by atoms with Crippen LogP contribution < -0.4 is 15.4 Å². The van der Waals surface area contributed by atoms with E-state index in [1.165, 1.54) is 6.92 Å². The van der Waals surface area contributed by atoms with Gasteiger partial charge in [-0.3, -0.25) is 14.4 Å². The lowest BCUT2D eigenvalue weighted by Crippen LogP contribution is -2.55. The van der Waals surface area contributed by atoms with E-state index in [0.29, 0.717) is 0 Å². The van der Waals surface area contributed by atoms with Crippen LogP contribution in [0.25, 0.3) is 0 Å². The minimum absolute atomic E-state index is 0.0457. The van der Waals surface area contributed by atoms with Crippen molar-refractivity contribution < 1.29 is 27.5 Å². The summed E-state index contributed by atoms with van der Waals surface area (Å²) in [6.07, 6.45) is -0.0457. The van der Waals surface area contributed by atoms with Crippen molar-refractivity contribution in [1.82, 2.24) is 15.4 Å². The zero-order valence-electron chi connectivity index (χ0n) is 14.2. The summed E-state index contributed by atoms with van der Waals surface area (Å²) in [6, 6.07) is 7.82. The van der Waals surface area contributed by atoms with Gasteiger partial charge in [-0.2, -0.15) is 0 Å². The molecule has 0 saturated carbocycles. The van der Waals surface area contributed by atoms with Crippen LogP contribution in [0.2, 0.25) is 0 Å². The third kappa shape index (κ3) is 6.45. The molecule has 0 bridgehead atoms. The van der Waals surface area contributed by atoms with Crippen LogP contribution in [0, 0.1) is 0 Å². The third-order valence-electron chi connectivity index (χ3n) is 3.62. The van der Waals surface area contributed by atoms with Gasteiger partial charge in [-0.05, 0) is 12.5 Å². The second kappa shape index (κ2) is 8.77. The minimum atomic E-state index is -3.23.